The molecule has 0 aromatic carbocycles. The Balaban J connectivity index is 2.65. The zero-order valence-corrected chi connectivity index (χ0v) is 5.26. The Kier molecular flexibility index (Phi) is 1.81. The first-order valence-electron chi connectivity index (χ1n) is 2.80. The molecule has 0 aliphatic carbocycles. The van der Waals surface area contributed by atoms with Crippen molar-refractivity contribution in [1.29, 1.82) is 0 Å². The van der Waals surface area contributed by atoms with Crippen molar-refractivity contribution in [3.05, 3.63) is 18.2 Å². The predicted octanol–water partition coefficient (Wildman–Crippen LogP) is -0.0660. The van der Waals surface area contributed by atoms with Crippen molar-refractivity contribution >= 4 is 0 Å². The van der Waals surface area contributed by atoms with E-state index in [0.717, 1.165) is 5.82 Å². The van der Waals surface area contributed by atoms with Gasteiger partial charge in [0.2, 0.25) is 0 Å². The fourth-order valence-electron chi connectivity index (χ4n) is 0.593. The third-order valence-electron chi connectivity index (χ3n) is 1.18. The van der Waals surface area contributed by atoms with Crippen LogP contribution in [0, 0.1) is 0 Å². The molecule has 9 heavy (non-hydrogen) atoms. The molecular weight excluding hydrogens is 116 g/mol. The van der Waals surface area contributed by atoms with Crippen molar-refractivity contribution in [2.75, 3.05) is 0 Å². The van der Waals surface area contributed by atoms with Gasteiger partial charge in [-0.15, -0.1) is 0 Å². The van der Waals surface area contributed by atoms with Gasteiger partial charge in [-0.1, -0.05) is 0 Å². The highest BCUT2D eigenvalue weighted by atomic mass is 15.2. The number of aromatic nitrogens is 2. The van der Waals surface area contributed by atoms with Crippen molar-refractivity contribution in [2.24, 2.45) is 5.84 Å². The Morgan fingerprint density at radius 3 is 3.11 bits per heavy atom. The molecule has 1 aromatic rings. The molecule has 4 N–H and O–H groups in total. The Bertz CT molecular complexity index is 157. The van der Waals surface area contributed by atoms with Crippen LogP contribution in [0.1, 0.15) is 18.8 Å². The Morgan fingerprint density at radius 1 is 1.89 bits per heavy atom. The molecule has 0 saturated heterocycles. The number of nitrogens with zero attached hydrogens (tertiary/aromatic N) is 1. The van der Waals surface area contributed by atoms with Crippen LogP contribution in [0.3, 0.4) is 0 Å². The van der Waals surface area contributed by atoms with Crippen molar-refractivity contribution in [3.8, 4) is 0 Å². The molecule has 0 saturated carbocycles. The summed E-state index contributed by atoms with van der Waals surface area (Å²) in [5.41, 5.74) is 2.57. The lowest BCUT2D eigenvalue weighted by atomic mass is 10.3. The van der Waals surface area contributed by atoms with Gasteiger partial charge in [-0.3, -0.25) is 11.3 Å². The van der Waals surface area contributed by atoms with E-state index in [4.69, 9.17) is 5.84 Å². The molecule has 1 rings (SSSR count). The van der Waals surface area contributed by atoms with Crippen LogP contribution in [0.25, 0.3) is 0 Å². The molecule has 0 radical (unpaired) electrons. The second-order valence-electron chi connectivity index (χ2n) is 1.86. The zero-order chi connectivity index (χ0) is 6.69. The van der Waals surface area contributed by atoms with Gasteiger partial charge in [0.25, 0.3) is 0 Å². The van der Waals surface area contributed by atoms with Crippen LogP contribution < -0.4 is 11.3 Å². The van der Waals surface area contributed by atoms with E-state index in [1.165, 1.54) is 0 Å². The third kappa shape index (κ3) is 1.28. The van der Waals surface area contributed by atoms with Crippen molar-refractivity contribution in [3.63, 3.8) is 0 Å². The summed E-state index contributed by atoms with van der Waals surface area (Å²) in [6.07, 6.45) is 3.46. The summed E-state index contributed by atoms with van der Waals surface area (Å²) in [6.45, 7) is 1.93. The second-order valence-corrected chi connectivity index (χ2v) is 1.86. The molecule has 1 unspecified atom stereocenters. The van der Waals surface area contributed by atoms with Gasteiger partial charge in [-0.25, -0.2) is 4.98 Å². The highest BCUT2D eigenvalue weighted by Gasteiger charge is 2.01. The summed E-state index contributed by atoms with van der Waals surface area (Å²) in [4.78, 5) is 6.92. The van der Waals surface area contributed by atoms with Gasteiger partial charge in [0, 0.05) is 12.4 Å². The Morgan fingerprint density at radius 2 is 2.67 bits per heavy atom. The molecule has 4 nitrogen and oxygen atoms in total. The van der Waals surface area contributed by atoms with Crippen LogP contribution in [-0.4, -0.2) is 9.97 Å². The number of H-pyrrole nitrogens is 1. The van der Waals surface area contributed by atoms with Gasteiger partial charge >= 0.3 is 0 Å². The van der Waals surface area contributed by atoms with Crippen LogP contribution in [-0.2, 0) is 0 Å². The maximum absolute atomic E-state index is 5.15. The minimum atomic E-state index is 0.0972. The van der Waals surface area contributed by atoms with E-state index in [-0.39, 0.29) is 6.04 Å². The lowest BCUT2D eigenvalue weighted by molar-refractivity contribution is 0.575. The van der Waals surface area contributed by atoms with Crippen molar-refractivity contribution in [2.45, 2.75) is 13.0 Å². The summed E-state index contributed by atoms with van der Waals surface area (Å²) in [5, 5.41) is 0. The van der Waals surface area contributed by atoms with Crippen LogP contribution in [0.15, 0.2) is 12.4 Å². The van der Waals surface area contributed by atoms with Crippen LogP contribution in [0.4, 0.5) is 0 Å². The number of aromatic amines is 1. The molecule has 0 aliphatic rings. The highest BCUT2D eigenvalue weighted by Crippen LogP contribution is 2.01. The van der Waals surface area contributed by atoms with E-state index in [2.05, 4.69) is 15.4 Å². The minimum absolute atomic E-state index is 0.0972. The van der Waals surface area contributed by atoms with Crippen LogP contribution in [0.2, 0.25) is 0 Å². The Hall–Kier alpha value is -0.870. The fourth-order valence-corrected chi connectivity index (χ4v) is 0.593. The van der Waals surface area contributed by atoms with E-state index >= 15 is 0 Å². The normalized spacial score (nSPS) is 13.6. The minimum Gasteiger partial charge on any atom is -0.347 e. The molecule has 4 heteroatoms. The molecular formula is C5H10N4. The van der Waals surface area contributed by atoms with Crippen molar-refractivity contribution < 1.29 is 0 Å². The quantitative estimate of drug-likeness (QED) is 0.384. The predicted molar refractivity (Wildman–Crippen MR) is 34.3 cm³/mol. The number of hydrogen-bond acceptors (Lipinski definition) is 3. The lowest BCUT2D eigenvalue weighted by Gasteiger charge is -2.03. The van der Waals surface area contributed by atoms with Gasteiger partial charge in [-0.2, -0.15) is 0 Å². The van der Waals surface area contributed by atoms with E-state index in [9.17, 15) is 0 Å². The van der Waals surface area contributed by atoms with Crippen LogP contribution >= 0.6 is 0 Å². The number of nitrogens with one attached hydrogen (secondary N) is 2. The van der Waals surface area contributed by atoms with Gasteiger partial charge < -0.3 is 4.98 Å². The van der Waals surface area contributed by atoms with E-state index in [1.54, 1.807) is 12.4 Å². The fraction of sp³-hybridized carbons (Fsp3) is 0.400. The first-order chi connectivity index (χ1) is 4.34. The monoisotopic (exact) mass is 126 g/mol. The van der Waals surface area contributed by atoms with E-state index in [1.807, 2.05) is 6.92 Å². The largest absolute Gasteiger partial charge is 0.347 e. The van der Waals surface area contributed by atoms with Crippen LogP contribution in [0.5, 0.6) is 0 Å². The number of rotatable bonds is 2. The van der Waals surface area contributed by atoms with Gasteiger partial charge in [-0.05, 0) is 6.92 Å². The van der Waals surface area contributed by atoms with E-state index in [0.29, 0.717) is 0 Å². The summed E-state index contributed by atoms with van der Waals surface area (Å²) in [6, 6.07) is 0.0972. The Labute approximate surface area is 53.4 Å². The maximum Gasteiger partial charge on any atom is 0.124 e. The van der Waals surface area contributed by atoms with Gasteiger partial charge in [0.1, 0.15) is 5.82 Å². The molecule has 0 amide bonds. The molecule has 1 heterocycles. The van der Waals surface area contributed by atoms with E-state index < -0.39 is 0 Å². The first kappa shape index (κ1) is 6.25. The summed E-state index contributed by atoms with van der Waals surface area (Å²) >= 11 is 0. The average molecular weight is 126 g/mol. The summed E-state index contributed by atoms with van der Waals surface area (Å²) in [7, 11) is 0. The number of imidazole rings is 1. The highest BCUT2D eigenvalue weighted by molar-refractivity contribution is 4.92. The second kappa shape index (κ2) is 2.61. The molecule has 0 fully saturated rings. The molecule has 1 aromatic heterocycles. The first-order valence-corrected chi connectivity index (χ1v) is 2.80. The summed E-state index contributed by atoms with van der Waals surface area (Å²) < 4.78 is 0. The standard InChI is InChI=1S/C5H10N4/c1-4(9-6)5-7-2-3-8-5/h2-4,9H,6H2,1H3,(H,7,8). The zero-order valence-electron chi connectivity index (χ0n) is 5.26. The third-order valence-corrected chi connectivity index (χ3v) is 1.18. The molecule has 50 valence electrons. The van der Waals surface area contributed by atoms with Crippen molar-refractivity contribution in [1.82, 2.24) is 15.4 Å². The number of hydrazine groups is 1. The summed E-state index contributed by atoms with van der Waals surface area (Å²) in [5.74, 6) is 6.01. The SMILES string of the molecule is CC(NN)c1ncc[nH]1. The van der Waals surface area contributed by atoms with Gasteiger partial charge in [0.15, 0.2) is 0 Å². The van der Waals surface area contributed by atoms with Gasteiger partial charge in [0.05, 0.1) is 6.04 Å². The average Bonchev–Trinajstić information content (AvgIpc) is 2.37. The molecule has 0 aliphatic heterocycles. The number of nitrogens with two attached hydrogens (primary N) is 1. The lowest BCUT2D eigenvalue weighted by Crippen LogP contribution is -2.26. The number of hydrogen-bond donors (Lipinski definition) is 3. The molecule has 0 spiro atoms. The topological polar surface area (TPSA) is 66.7 Å². The molecule has 1 atom stereocenters. The molecule has 0 bridgehead atoms. The smallest absolute Gasteiger partial charge is 0.124 e. The maximum atomic E-state index is 5.15.